The van der Waals surface area contributed by atoms with Crippen molar-refractivity contribution in [3.8, 4) is 5.75 Å². The minimum absolute atomic E-state index is 0.343. The van der Waals surface area contributed by atoms with E-state index in [2.05, 4.69) is 5.32 Å². The third-order valence-corrected chi connectivity index (χ3v) is 6.30. The molecule has 1 fully saturated rings. The van der Waals surface area contributed by atoms with E-state index in [1.807, 2.05) is 0 Å². The molecule has 2 N–H and O–H groups in total. The molecule has 1 atom stereocenters. The smallest absolute Gasteiger partial charge is 0.330 e. The molecule has 1 aliphatic carbocycles. The lowest BCUT2D eigenvalue weighted by Crippen LogP contribution is -2.39. The molecule has 1 aromatic carbocycles. The first kappa shape index (κ1) is 18.3. The number of methoxy groups -OCH3 is 1. The monoisotopic (exact) mass is 355 g/mol. The Morgan fingerprint density at radius 2 is 1.83 bits per heavy atom. The van der Waals surface area contributed by atoms with Gasteiger partial charge in [-0.3, -0.25) is 4.79 Å². The topological polar surface area (TPSA) is 110 Å². The fraction of sp³-hybridized carbons (Fsp3) is 0.500. The van der Waals surface area contributed by atoms with Crippen molar-refractivity contribution in [1.29, 1.82) is 0 Å². The number of carbonyl (C=O) groups is 2. The maximum Gasteiger partial charge on any atom is 0.330 e. The highest BCUT2D eigenvalue weighted by atomic mass is 32.2. The molecule has 1 aromatic rings. The van der Waals surface area contributed by atoms with Gasteiger partial charge >= 0.3 is 5.97 Å². The molecule has 0 aromatic heterocycles. The van der Waals surface area contributed by atoms with Gasteiger partial charge in [0.05, 0.1) is 12.4 Å². The van der Waals surface area contributed by atoms with Crippen LogP contribution < -0.4 is 10.1 Å². The first-order valence-electron chi connectivity index (χ1n) is 7.71. The number of carboxylic acid groups (broad SMARTS) is 1. The standard InChI is InChI=1S/C16H21NO6S/c1-23-12-8-6-11(7-9-12)15(16(19)20)17-14(18)10-24(21,22)13-4-2-3-5-13/h6-9,13,15H,2-5,10H2,1H3,(H,17,18)(H,19,20). The van der Waals surface area contributed by atoms with Crippen molar-refractivity contribution in [2.24, 2.45) is 0 Å². The Bertz CT molecular complexity index is 692. The van der Waals surface area contributed by atoms with E-state index in [9.17, 15) is 23.1 Å². The van der Waals surface area contributed by atoms with Crippen LogP contribution >= 0.6 is 0 Å². The number of carbonyl (C=O) groups excluding carboxylic acids is 1. The van der Waals surface area contributed by atoms with E-state index in [0.29, 0.717) is 24.2 Å². The van der Waals surface area contributed by atoms with Gasteiger partial charge < -0.3 is 15.2 Å². The quantitative estimate of drug-likeness (QED) is 0.763. The van der Waals surface area contributed by atoms with Crippen molar-refractivity contribution in [1.82, 2.24) is 5.32 Å². The molecular weight excluding hydrogens is 334 g/mol. The van der Waals surface area contributed by atoms with Crippen LogP contribution in [0.2, 0.25) is 0 Å². The number of ether oxygens (including phenoxy) is 1. The Hall–Kier alpha value is -2.09. The summed E-state index contributed by atoms with van der Waals surface area (Å²) < 4.78 is 29.4. The van der Waals surface area contributed by atoms with Crippen LogP contribution in [0, 0.1) is 0 Å². The molecule has 0 radical (unpaired) electrons. The lowest BCUT2D eigenvalue weighted by Gasteiger charge is -2.16. The largest absolute Gasteiger partial charge is 0.497 e. The van der Waals surface area contributed by atoms with Gasteiger partial charge in [-0.15, -0.1) is 0 Å². The number of aliphatic carboxylic acids is 1. The summed E-state index contributed by atoms with van der Waals surface area (Å²) in [6.45, 7) is 0. The summed E-state index contributed by atoms with van der Waals surface area (Å²) in [6.07, 6.45) is 2.82. The van der Waals surface area contributed by atoms with E-state index in [4.69, 9.17) is 4.74 Å². The van der Waals surface area contributed by atoms with Gasteiger partial charge in [-0.1, -0.05) is 25.0 Å². The Kier molecular flexibility index (Phi) is 5.82. The van der Waals surface area contributed by atoms with Gasteiger partial charge in [0, 0.05) is 0 Å². The highest BCUT2D eigenvalue weighted by Crippen LogP contribution is 2.25. The average molecular weight is 355 g/mol. The Morgan fingerprint density at radius 1 is 1.25 bits per heavy atom. The number of amides is 1. The number of rotatable bonds is 7. The summed E-state index contributed by atoms with van der Waals surface area (Å²) in [5.74, 6) is -2.19. The van der Waals surface area contributed by atoms with Crippen molar-refractivity contribution in [3.63, 3.8) is 0 Å². The molecule has 0 heterocycles. The van der Waals surface area contributed by atoms with Crippen LogP contribution in [-0.2, 0) is 19.4 Å². The third kappa shape index (κ3) is 4.47. The number of hydrogen-bond acceptors (Lipinski definition) is 5. The van der Waals surface area contributed by atoms with E-state index >= 15 is 0 Å². The van der Waals surface area contributed by atoms with Crippen LogP contribution in [0.5, 0.6) is 5.75 Å². The number of carboxylic acids is 1. The van der Waals surface area contributed by atoms with Gasteiger partial charge in [-0.05, 0) is 30.5 Å². The van der Waals surface area contributed by atoms with Crippen LogP contribution in [-0.4, -0.2) is 43.5 Å². The molecule has 0 saturated heterocycles. The normalized spacial score (nSPS) is 16.5. The van der Waals surface area contributed by atoms with Crippen molar-refractivity contribution < 1.29 is 27.9 Å². The van der Waals surface area contributed by atoms with Crippen molar-refractivity contribution in [3.05, 3.63) is 29.8 Å². The van der Waals surface area contributed by atoms with E-state index < -0.39 is 38.8 Å². The fourth-order valence-corrected chi connectivity index (χ4v) is 4.57. The molecule has 8 heteroatoms. The summed E-state index contributed by atoms with van der Waals surface area (Å²) in [6, 6.07) is 4.88. The van der Waals surface area contributed by atoms with Crippen LogP contribution in [0.3, 0.4) is 0 Å². The molecule has 24 heavy (non-hydrogen) atoms. The summed E-state index contributed by atoms with van der Waals surface area (Å²) in [4.78, 5) is 23.5. The van der Waals surface area contributed by atoms with Gasteiger partial charge in [0.2, 0.25) is 5.91 Å². The lowest BCUT2D eigenvalue weighted by atomic mass is 10.1. The van der Waals surface area contributed by atoms with E-state index in [-0.39, 0.29) is 0 Å². The second-order valence-electron chi connectivity index (χ2n) is 5.83. The first-order valence-corrected chi connectivity index (χ1v) is 9.42. The minimum atomic E-state index is -3.55. The van der Waals surface area contributed by atoms with Gasteiger partial charge in [0.25, 0.3) is 0 Å². The SMILES string of the molecule is COc1ccc(C(NC(=O)CS(=O)(=O)C2CCCC2)C(=O)O)cc1. The van der Waals surface area contributed by atoms with Gasteiger partial charge in [0.15, 0.2) is 15.9 Å². The zero-order valence-electron chi connectivity index (χ0n) is 13.4. The molecule has 1 amide bonds. The van der Waals surface area contributed by atoms with Crippen molar-refractivity contribution >= 4 is 21.7 Å². The van der Waals surface area contributed by atoms with Crippen LogP contribution in [0.15, 0.2) is 24.3 Å². The highest BCUT2D eigenvalue weighted by Gasteiger charge is 2.32. The molecule has 1 saturated carbocycles. The maximum atomic E-state index is 12.2. The second kappa shape index (κ2) is 7.65. The van der Waals surface area contributed by atoms with Crippen molar-refractivity contribution in [2.75, 3.05) is 12.9 Å². The number of sulfone groups is 1. The molecule has 1 aliphatic rings. The molecule has 7 nitrogen and oxygen atoms in total. The summed E-state index contributed by atoms with van der Waals surface area (Å²) >= 11 is 0. The van der Waals surface area contributed by atoms with E-state index in [1.54, 1.807) is 12.1 Å². The van der Waals surface area contributed by atoms with Crippen LogP contribution in [0.25, 0.3) is 0 Å². The Labute approximate surface area is 140 Å². The summed E-state index contributed by atoms with van der Waals surface area (Å²) in [5, 5.41) is 11.1. The maximum absolute atomic E-state index is 12.2. The predicted molar refractivity (Wildman–Crippen MR) is 87.6 cm³/mol. The molecule has 2 rings (SSSR count). The molecule has 0 bridgehead atoms. The summed E-state index contributed by atoms with van der Waals surface area (Å²) in [7, 11) is -2.06. The zero-order valence-corrected chi connectivity index (χ0v) is 14.2. The predicted octanol–water partition coefficient (Wildman–Crippen LogP) is 1.29. The minimum Gasteiger partial charge on any atom is -0.497 e. The van der Waals surface area contributed by atoms with E-state index in [1.165, 1.54) is 19.2 Å². The Morgan fingerprint density at radius 3 is 2.33 bits per heavy atom. The average Bonchev–Trinajstić information content (AvgIpc) is 3.07. The Balaban J connectivity index is 2.06. The van der Waals surface area contributed by atoms with E-state index in [0.717, 1.165) is 12.8 Å². The number of hydrogen-bond donors (Lipinski definition) is 2. The fourth-order valence-electron chi connectivity index (χ4n) is 2.83. The van der Waals surface area contributed by atoms with Crippen LogP contribution in [0.1, 0.15) is 37.3 Å². The first-order chi connectivity index (χ1) is 11.3. The lowest BCUT2D eigenvalue weighted by molar-refractivity contribution is -0.141. The number of benzene rings is 1. The van der Waals surface area contributed by atoms with Crippen molar-refractivity contribution in [2.45, 2.75) is 37.0 Å². The van der Waals surface area contributed by atoms with Gasteiger partial charge in [0.1, 0.15) is 11.5 Å². The highest BCUT2D eigenvalue weighted by molar-refractivity contribution is 7.92. The second-order valence-corrected chi connectivity index (χ2v) is 8.11. The van der Waals surface area contributed by atoms with Gasteiger partial charge in [-0.2, -0.15) is 0 Å². The van der Waals surface area contributed by atoms with Crippen LogP contribution in [0.4, 0.5) is 0 Å². The van der Waals surface area contributed by atoms with Gasteiger partial charge in [-0.25, -0.2) is 13.2 Å². The third-order valence-electron chi connectivity index (χ3n) is 4.14. The molecule has 1 unspecified atom stereocenters. The molecule has 0 spiro atoms. The molecular formula is C16H21NO6S. The summed E-state index contributed by atoms with van der Waals surface area (Å²) in [5.41, 5.74) is 0.343. The zero-order chi connectivity index (χ0) is 17.7. The molecule has 132 valence electrons. The molecule has 0 aliphatic heterocycles. The number of nitrogens with one attached hydrogen (secondary N) is 1.